The number of imidazole rings is 1. The average molecular weight is 456 g/mol. The number of aliphatic hydroxyl groups is 1. The first-order valence-corrected chi connectivity index (χ1v) is 9.06. The molecule has 0 fully saturated rings. The Balaban J connectivity index is 1.76. The van der Waals surface area contributed by atoms with Gasteiger partial charge in [0, 0.05) is 24.5 Å². The van der Waals surface area contributed by atoms with E-state index in [1.54, 1.807) is 0 Å². The van der Waals surface area contributed by atoms with Crippen molar-refractivity contribution < 1.29 is 36.6 Å². The second-order valence-electron chi connectivity index (χ2n) is 6.67. The van der Waals surface area contributed by atoms with Gasteiger partial charge >= 0.3 is 6.18 Å². The van der Waals surface area contributed by atoms with Crippen molar-refractivity contribution in [2.75, 3.05) is 12.4 Å². The molecule has 0 saturated carbocycles. The molecule has 0 aliphatic rings. The van der Waals surface area contributed by atoms with Crippen LogP contribution in [0.15, 0.2) is 43.0 Å². The van der Waals surface area contributed by atoms with E-state index in [4.69, 9.17) is 9.84 Å². The summed E-state index contributed by atoms with van der Waals surface area (Å²) in [5.41, 5.74) is -1.55. The molecule has 2 N–H and O–H groups in total. The van der Waals surface area contributed by atoms with Gasteiger partial charge in [-0.05, 0) is 29.8 Å². The molecular formula is C20H17F5N4O3. The fourth-order valence-electron chi connectivity index (χ4n) is 2.90. The van der Waals surface area contributed by atoms with Crippen LogP contribution in [0.25, 0.3) is 0 Å². The zero-order valence-electron chi connectivity index (χ0n) is 16.5. The van der Waals surface area contributed by atoms with Gasteiger partial charge in [0.1, 0.15) is 5.75 Å². The summed E-state index contributed by atoms with van der Waals surface area (Å²) < 4.78 is 71.7. The maximum atomic E-state index is 13.1. The van der Waals surface area contributed by atoms with E-state index in [9.17, 15) is 26.7 Å². The quantitative estimate of drug-likeness (QED) is 0.524. The summed E-state index contributed by atoms with van der Waals surface area (Å²) in [6.45, 7) is -0.697. The van der Waals surface area contributed by atoms with Crippen molar-refractivity contribution in [3.05, 3.63) is 70.9 Å². The first-order chi connectivity index (χ1) is 15.1. The Morgan fingerprint density at radius 1 is 1.22 bits per heavy atom. The van der Waals surface area contributed by atoms with Crippen LogP contribution in [0.1, 0.15) is 39.2 Å². The highest BCUT2D eigenvalue weighted by molar-refractivity contribution is 6.03. The third-order valence-corrected chi connectivity index (χ3v) is 4.42. The third-order valence-electron chi connectivity index (χ3n) is 4.42. The number of carbonyl (C=O) groups excluding carboxylic acids is 1. The van der Waals surface area contributed by atoms with Gasteiger partial charge in [-0.3, -0.25) is 9.78 Å². The third kappa shape index (κ3) is 5.38. The Morgan fingerprint density at radius 3 is 2.59 bits per heavy atom. The molecule has 32 heavy (non-hydrogen) atoms. The van der Waals surface area contributed by atoms with Crippen molar-refractivity contribution in [2.24, 2.45) is 0 Å². The Hall–Kier alpha value is -3.54. The van der Waals surface area contributed by atoms with Gasteiger partial charge in [0.15, 0.2) is 5.82 Å². The molecule has 0 aliphatic heterocycles. The van der Waals surface area contributed by atoms with Gasteiger partial charge in [-0.15, -0.1) is 0 Å². The maximum absolute atomic E-state index is 13.1. The highest BCUT2D eigenvalue weighted by atomic mass is 19.4. The second kappa shape index (κ2) is 9.30. The van der Waals surface area contributed by atoms with E-state index >= 15 is 0 Å². The number of hydrogen-bond acceptors (Lipinski definition) is 5. The van der Waals surface area contributed by atoms with Gasteiger partial charge in [0.05, 0.1) is 36.9 Å². The van der Waals surface area contributed by atoms with Gasteiger partial charge in [-0.1, -0.05) is 0 Å². The molecule has 1 aromatic carbocycles. The van der Waals surface area contributed by atoms with Crippen LogP contribution in [0.5, 0.6) is 5.75 Å². The van der Waals surface area contributed by atoms with Gasteiger partial charge in [0.2, 0.25) is 0 Å². The fraction of sp³-hybridized carbons (Fsp3) is 0.250. The summed E-state index contributed by atoms with van der Waals surface area (Å²) in [4.78, 5) is 20.0. The number of amides is 1. The molecular weight excluding hydrogens is 439 g/mol. The van der Waals surface area contributed by atoms with Crippen LogP contribution in [0.4, 0.5) is 27.8 Å². The summed E-state index contributed by atoms with van der Waals surface area (Å²) in [5.74, 6) is -0.675. The number of methoxy groups -OCH3 is 1. The number of aliphatic hydroxyl groups excluding tert-OH is 1. The van der Waals surface area contributed by atoms with Crippen molar-refractivity contribution in [2.45, 2.75) is 25.8 Å². The first-order valence-electron chi connectivity index (χ1n) is 9.06. The van der Waals surface area contributed by atoms with Crippen molar-refractivity contribution in [1.29, 1.82) is 0 Å². The van der Waals surface area contributed by atoms with Crippen molar-refractivity contribution >= 4 is 11.7 Å². The lowest BCUT2D eigenvalue weighted by molar-refractivity contribution is -0.137. The van der Waals surface area contributed by atoms with Crippen molar-refractivity contribution in [3.8, 4) is 5.75 Å². The van der Waals surface area contributed by atoms with Crippen LogP contribution in [0.2, 0.25) is 0 Å². The molecule has 0 saturated heterocycles. The summed E-state index contributed by atoms with van der Waals surface area (Å²) in [5, 5.41) is 11.5. The molecule has 0 atom stereocenters. The summed E-state index contributed by atoms with van der Waals surface area (Å²) in [6.07, 6.45) is -3.78. The number of benzene rings is 1. The summed E-state index contributed by atoms with van der Waals surface area (Å²) in [7, 11) is 1.26. The number of nitrogens with zero attached hydrogens (tertiary/aromatic N) is 3. The number of alkyl halides is 5. The number of aromatic nitrogens is 3. The molecule has 2 aromatic heterocycles. The molecule has 170 valence electrons. The topological polar surface area (TPSA) is 89.3 Å². The van der Waals surface area contributed by atoms with E-state index in [2.05, 4.69) is 15.3 Å². The molecule has 3 rings (SSSR count). The lowest BCUT2D eigenvalue weighted by Gasteiger charge is -2.12. The summed E-state index contributed by atoms with van der Waals surface area (Å²) in [6, 6.07) is 4.21. The average Bonchev–Trinajstić information content (AvgIpc) is 3.18. The minimum atomic E-state index is -4.55. The van der Waals surface area contributed by atoms with E-state index in [0.29, 0.717) is 0 Å². The number of ether oxygens (including phenoxy) is 1. The van der Waals surface area contributed by atoms with Crippen LogP contribution in [0.3, 0.4) is 0 Å². The molecule has 7 nitrogen and oxygen atoms in total. The number of carbonyl (C=O) groups is 1. The predicted molar refractivity (Wildman–Crippen MR) is 102 cm³/mol. The minimum absolute atomic E-state index is 0.00539. The molecule has 12 heteroatoms. The Bertz CT molecular complexity index is 1110. The highest BCUT2D eigenvalue weighted by Gasteiger charge is 2.31. The van der Waals surface area contributed by atoms with Gasteiger partial charge in [0.25, 0.3) is 12.3 Å². The number of halogens is 5. The monoisotopic (exact) mass is 456 g/mol. The highest BCUT2D eigenvalue weighted by Crippen LogP contribution is 2.33. The van der Waals surface area contributed by atoms with E-state index in [-0.39, 0.29) is 34.9 Å². The zero-order chi connectivity index (χ0) is 23.5. The predicted octanol–water partition coefficient (Wildman–Crippen LogP) is 4.04. The molecule has 0 bridgehead atoms. The normalized spacial score (nSPS) is 11.6. The molecule has 0 unspecified atom stereocenters. The molecule has 1 amide bonds. The van der Waals surface area contributed by atoms with Gasteiger partial charge < -0.3 is 19.7 Å². The molecule has 3 aromatic rings. The van der Waals surface area contributed by atoms with Crippen LogP contribution < -0.4 is 10.1 Å². The van der Waals surface area contributed by atoms with Crippen LogP contribution >= 0.6 is 0 Å². The van der Waals surface area contributed by atoms with Crippen LogP contribution in [-0.4, -0.2) is 32.7 Å². The maximum Gasteiger partial charge on any atom is 0.416 e. The lowest BCUT2D eigenvalue weighted by atomic mass is 10.1. The SMILES string of the molecule is COc1cc(Cn2cnc(NC(=O)c3cnc(CO)c(C(F)F)c3)c2)cc(C(F)(F)F)c1. The molecule has 0 radical (unpaired) electrons. The Kier molecular flexibility index (Phi) is 6.72. The fourth-order valence-corrected chi connectivity index (χ4v) is 2.90. The molecule has 0 spiro atoms. The van der Waals surface area contributed by atoms with Gasteiger partial charge in [-0.2, -0.15) is 13.2 Å². The standard InChI is InChI=1S/C20H17F5N4O3/c1-32-14-3-11(2-13(5-14)20(23,24)25)7-29-8-17(27-10-29)28-19(31)12-4-15(18(21)22)16(9-30)26-6-12/h2-6,8,10,18,30H,7,9H2,1H3,(H,28,31). The van der Waals surface area contributed by atoms with Crippen LogP contribution in [-0.2, 0) is 19.3 Å². The Labute approximate surface area is 178 Å². The zero-order valence-corrected chi connectivity index (χ0v) is 16.5. The number of nitrogens with one attached hydrogen (secondary N) is 1. The summed E-state index contributed by atoms with van der Waals surface area (Å²) >= 11 is 0. The number of rotatable bonds is 7. The largest absolute Gasteiger partial charge is 0.497 e. The molecule has 0 aliphatic carbocycles. The Morgan fingerprint density at radius 2 is 1.97 bits per heavy atom. The van der Waals surface area contributed by atoms with E-state index in [0.717, 1.165) is 24.4 Å². The van der Waals surface area contributed by atoms with Crippen LogP contribution in [0, 0.1) is 0 Å². The minimum Gasteiger partial charge on any atom is -0.497 e. The lowest BCUT2D eigenvalue weighted by Crippen LogP contribution is -2.14. The van der Waals surface area contributed by atoms with E-state index in [1.165, 1.54) is 30.3 Å². The first kappa shape index (κ1) is 23.1. The number of pyridine rings is 1. The van der Waals surface area contributed by atoms with Crippen molar-refractivity contribution in [1.82, 2.24) is 14.5 Å². The van der Waals surface area contributed by atoms with E-state index in [1.807, 2.05) is 0 Å². The van der Waals surface area contributed by atoms with Crippen molar-refractivity contribution in [3.63, 3.8) is 0 Å². The number of anilines is 1. The van der Waals surface area contributed by atoms with E-state index < -0.39 is 36.2 Å². The second-order valence-corrected chi connectivity index (χ2v) is 6.67. The van der Waals surface area contributed by atoms with Gasteiger partial charge in [-0.25, -0.2) is 13.8 Å². The number of hydrogen-bond donors (Lipinski definition) is 2. The smallest absolute Gasteiger partial charge is 0.416 e. The molecule has 2 heterocycles.